The van der Waals surface area contributed by atoms with E-state index in [9.17, 15) is 0 Å². The lowest BCUT2D eigenvalue weighted by Crippen LogP contribution is -2.38. The van der Waals surface area contributed by atoms with Gasteiger partial charge in [0.2, 0.25) is 0 Å². The molecule has 0 fully saturated rings. The molecule has 25 heavy (non-hydrogen) atoms. The normalized spacial score (nSPS) is 17.6. The van der Waals surface area contributed by atoms with Crippen molar-refractivity contribution in [3.63, 3.8) is 0 Å². The summed E-state index contributed by atoms with van der Waals surface area (Å²) >= 11 is 0. The van der Waals surface area contributed by atoms with Gasteiger partial charge in [0.1, 0.15) is 11.5 Å². The second-order valence-corrected chi connectivity index (χ2v) is 6.82. The van der Waals surface area contributed by atoms with Crippen molar-refractivity contribution in [2.24, 2.45) is 4.99 Å². The molecule has 2 heterocycles. The van der Waals surface area contributed by atoms with Gasteiger partial charge < -0.3 is 15.0 Å². The third-order valence-electron chi connectivity index (χ3n) is 5.09. The molecule has 0 saturated heterocycles. The van der Waals surface area contributed by atoms with Crippen LogP contribution in [0.15, 0.2) is 53.5 Å². The van der Waals surface area contributed by atoms with Crippen LogP contribution in [0.2, 0.25) is 0 Å². The number of ether oxygens (including phenoxy) is 1. The van der Waals surface area contributed by atoms with E-state index < -0.39 is 0 Å². The zero-order chi connectivity index (χ0) is 17.1. The number of hydrogen-bond donors (Lipinski definition) is 1. The van der Waals surface area contributed by atoms with Crippen LogP contribution >= 0.6 is 0 Å². The summed E-state index contributed by atoms with van der Waals surface area (Å²) in [6, 6.07) is 17.3. The molecule has 1 atom stereocenters. The average Bonchev–Trinajstić information content (AvgIpc) is 2.68. The van der Waals surface area contributed by atoms with Gasteiger partial charge in [-0.2, -0.15) is 0 Å². The largest absolute Gasteiger partial charge is 0.457 e. The van der Waals surface area contributed by atoms with Crippen molar-refractivity contribution < 1.29 is 4.74 Å². The van der Waals surface area contributed by atoms with Crippen LogP contribution in [0.1, 0.15) is 36.9 Å². The molecule has 0 spiro atoms. The van der Waals surface area contributed by atoms with E-state index in [2.05, 4.69) is 46.4 Å². The first-order chi connectivity index (χ1) is 12.3. The summed E-state index contributed by atoms with van der Waals surface area (Å²) in [5.41, 5.74) is 2.43. The summed E-state index contributed by atoms with van der Waals surface area (Å²) < 4.78 is 6.06. The second kappa shape index (κ2) is 7.28. The molecule has 1 unspecified atom stereocenters. The summed E-state index contributed by atoms with van der Waals surface area (Å²) in [7, 11) is 0. The van der Waals surface area contributed by atoms with E-state index in [1.54, 1.807) is 0 Å². The van der Waals surface area contributed by atoms with E-state index in [1.165, 1.54) is 11.1 Å². The molecule has 2 aliphatic heterocycles. The smallest absolute Gasteiger partial charge is 0.132 e. The molecule has 2 aromatic rings. The molecule has 2 aliphatic rings. The van der Waals surface area contributed by atoms with E-state index in [1.807, 2.05) is 30.6 Å². The number of aliphatic imine (C=N–C) groups is 1. The van der Waals surface area contributed by atoms with Crippen molar-refractivity contribution in [2.75, 3.05) is 19.6 Å². The minimum Gasteiger partial charge on any atom is -0.457 e. The topological polar surface area (TPSA) is 36.9 Å². The highest BCUT2D eigenvalue weighted by molar-refractivity contribution is 5.56. The zero-order valence-corrected chi connectivity index (χ0v) is 14.7. The highest BCUT2D eigenvalue weighted by Gasteiger charge is 2.26. The Morgan fingerprint density at radius 3 is 2.44 bits per heavy atom. The number of hydrogen-bond acceptors (Lipinski definition) is 4. The minimum atomic E-state index is 0.184. The molecule has 0 amide bonds. The van der Waals surface area contributed by atoms with Gasteiger partial charge in [-0.05, 0) is 38.4 Å². The fourth-order valence-corrected chi connectivity index (χ4v) is 3.63. The molecule has 0 aliphatic carbocycles. The van der Waals surface area contributed by atoms with Crippen LogP contribution in [0.3, 0.4) is 0 Å². The molecular formula is C21H25N3O. The lowest BCUT2D eigenvalue weighted by molar-refractivity contribution is 0.303. The Balaban J connectivity index is 1.47. The first-order valence-corrected chi connectivity index (χ1v) is 9.18. The highest BCUT2D eigenvalue weighted by atomic mass is 16.5. The maximum atomic E-state index is 6.06. The first-order valence-electron chi connectivity index (χ1n) is 9.18. The average molecular weight is 335 g/mol. The van der Waals surface area contributed by atoms with Gasteiger partial charge in [0.05, 0.1) is 12.4 Å². The van der Waals surface area contributed by atoms with Gasteiger partial charge in [-0.15, -0.1) is 0 Å². The Morgan fingerprint density at radius 1 is 1.12 bits per heavy atom. The van der Waals surface area contributed by atoms with Crippen molar-refractivity contribution in [3.05, 3.63) is 59.7 Å². The third kappa shape index (κ3) is 3.40. The number of fused-ring (bicyclic) bond motifs is 2. The van der Waals surface area contributed by atoms with Crippen LogP contribution in [0.4, 0.5) is 0 Å². The van der Waals surface area contributed by atoms with Crippen molar-refractivity contribution in [1.29, 1.82) is 0 Å². The summed E-state index contributed by atoms with van der Waals surface area (Å²) in [6.45, 7) is 5.33. The molecule has 4 nitrogen and oxygen atoms in total. The number of nitrogens with zero attached hydrogens (tertiary/aromatic N) is 2. The fraction of sp³-hybridized carbons (Fsp3) is 0.381. The van der Waals surface area contributed by atoms with Crippen LogP contribution in [0, 0.1) is 0 Å². The lowest BCUT2D eigenvalue weighted by atomic mass is 9.94. The Hall–Kier alpha value is -2.33. The summed E-state index contributed by atoms with van der Waals surface area (Å²) in [4.78, 5) is 6.76. The Labute approximate surface area is 149 Å². The van der Waals surface area contributed by atoms with Gasteiger partial charge >= 0.3 is 0 Å². The van der Waals surface area contributed by atoms with E-state index >= 15 is 0 Å². The molecule has 4 heteroatoms. The lowest BCUT2D eigenvalue weighted by Gasteiger charge is -2.31. The summed E-state index contributed by atoms with van der Waals surface area (Å²) in [5.74, 6) is 1.91. The predicted molar refractivity (Wildman–Crippen MR) is 102 cm³/mol. The molecule has 130 valence electrons. The quantitative estimate of drug-likeness (QED) is 0.898. The number of para-hydroxylation sites is 2. The van der Waals surface area contributed by atoms with Gasteiger partial charge in [-0.25, -0.2) is 0 Å². The highest BCUT2D eigenvalue weighted by Crippen LogP contribution is 2.42. The molecule has 0 aromatic heterocycles. The third-order valence-corrected chi connectivity index (χ3v) is 5.09. The van der Waals surface area contributed by atoms with Gasteiger partial charge in [0, 0.05) is 30.3 Å². The molecule has 0 saturated carbocycles. The van der Waals surface area contributed by atoms with E-state index in [0.29, 0.717) is 6.04 Å². The minimum absolute atomic E-state index is 0.184. The molecule has 2 aromatic carbocycles. The van der Waals surface area contributed by atoms with Crippen LogP contribution in [-0.2, 0) is 0 Å². The predicted octanol–water partition coefficient (Wildman–Crippen LogP) is 3.98. The first kappa shape index (κ1) is 16.2. The monoisotopic (exact) mass is 335 g/mol. The molecule has 1 N–H and O–H groups in total. The Bertz CT molecular complexity index is 713. The zero-order valence-electron chi connectivity index (χ0n) is 14.7. The van der Waals surface area contributed by atoms with Gasteiger partial charge in [0.15, 0.2) is 0 Å². The maximum Gasteiger partial charge on any atom is 0.132 e. The van der Waals surface area contributed by atoms with Crippen LogP contribution in [-0.4, -0.2) is 36.9 Å². The molecule has 0 radical (unpaired) electrons. The standard InChI is InChI=1S/C21H25N3O/c1-16(24-14-6-12-22-15-24)11-13-23-21-17-7-2-4-9-19(17)25-20-10-5-3-8-18(20)21/h2-5,7-10,15-16,21,23H,6,11-14H2,1H3. The SMILES string of the molecule is CC(CCNC1c2ccccc2Oc2ccccc21)N1C=NCCC1. The van der Waals surface area contributed by atoms with Crippen LogP contribution in [0.25, 0.3) is 0 Å². The van der Waals surface area contributed by atoms with E-state index in [0.717, 1.165) is 44.0 Å². The van der Waals surface area contributed by atoms with Crippen molar-refractivity contribution in [3.8, 4) is 11.5 Å². The van der Waals surface area contributed by atoms with Gasteiger partial charge in [-0.1, -0.05) is 36.4 Å². The van der Waals surface area contributed by atoms with Crippen molar-refractivity contribution in [1.82, 2.24) is 10.2 Å². The fourth-order valence-electron chi connectivity index (χ4n) is 3.63. The summed E-state index contributed by atoms with van der Waals surface area (Å²) in [5, 5.41) is 3.75. The van der Waals surface area contributed by atoms with Crippen molar-refractivity contribution in [2.45, 2.75) is 31.8 Å². The van der Waals surface area contributed by atoms with Gasteiger partial charge in [-0.3, -0.25) is 4.99 Å². The van der Waals surface area contributed by atoms with Crippen LogP contribution in [0.5, 0.6) is 11.5 Å². The molecular weight excluding hydrogens is 310 g/mol. The van der Waals surface area contributed by atoms with E-state index in [4.69, 9.17) is 4.74 Å². The number of benzene rings is 2. The Morgan fingerprint density at radius 2 is 1.80 bits per heavy atom. The Kier molecular flexibility index (Phi) is 4.70. The molecule has 0 bridgehead atoms. The van der Waals surface area contributed by atoms with Crippen molar-refractivity contribution >= 4 is 6.34 Å². The molecule has 4 rings (SSSR count). The summed E-state index contributed by atoms with van der Waals surface area (Å²) in [6.07, 6.45) is 4.27. The number of rotatable bonds is 5. The van der Waals surface area contributed by atoms with E-state index in [-0.39, 0.29) is 6.04 Å². The second-order valence-electron chi connectivity index (χ2n) is 6.82. The van der Waals surface area contributed by atoms with Crippen LogP contribution < -0.4 is 10.1 Å². The maximum absolute atomic E-state index is 6.06. The van der Waals surface area contributed by atoms with Gasteiger partial charge in [0.25, 0.3) is 0 Å². The number of nitrogens with one attached hydrogen (secondary N) is 1.